The number of benzene rings is 2. The highest BCUT2D eigenvalue weighted by atomic mass is 28.4. The van der Waals surface area contributed by atoms with Gasteiger partial charge in [0.1, 0.15) is 0 Å². The summed E-state index contributed by atoms with van der Waals surface area (Å²) in [5.74, 6) is 0.621. The highest BCUT2D eigenvalue weighted by molar-refractivity contribution is 6.99. The second-order valence-corrected chi connectivity index (χ2v) is 15.2. The molecule has 2 aromatic rings. The Balaban J connectivity index is 1.59. The number of allylic oxidation sites excluding steroid dienone is 1. The number of unbranched alkanes of at least 4 members (excludes halogenated alkanes) is 2. The van der Waals surface area contributed by atoms with Crippen LogP contribution in [0.2, 0.25) is 5.04 Å². The van der Waals surface area contributed by atoms with E-state index in [4.69, 9.17) is 9.16 Å². The summed E-state index contributed by atoms with van der Waals surface area (Å²) in [5, 5.41) is 2.79. The van der Waals surface area contributed by atoms with E-state index in [1.54, 1.807) is 0 Å². The van der Waals surface area contributed by atoms with E-state index in [0.29, 0.717) is 12.0 Å². The van der Waals surface area contributed by atoms with Gasteiger partial charge in [-0.05, 0) is 59.9 Å². The molecule has 0 atom stereocenters. The molecule has 1 aliphatic carbocycles. The molecule has 0 spiro atoms. The van der Waals surface area contributed by atoms with Crippen LogP contribution in [0.4, 0.5) is 0 Å². The van der Waals surface area contributed by atoms with E-state index in [1.165, 1.54) is 42.5 Å². The minimum absolute atomic E-state index is 0.0423. The smallest absolute Gasteiger partial charge is 0.261 e. The van der Waals surface area contributed by atoms with Crippen molar-refractivity contribution in [2.45, 2.75) is 90.2 Å². The van der Waals surface area contributed by atoms with Crippen LogP contribution in [0.15, 0.2) is 72.8 Å². The molecule has 3 rings (SSSR count). The van der Waals surface area contributed by atoms with Crippen molar-refractivity contribution in [2.75, 3.05) is 13.2 Å². The Morgan fingerprint density at radius 1 is 0.824 bits per heavy atom. The van der Waals surface area contributed by atoms with Gasteiger partial charge in [-0.3, -0.25) is 0 Å². The maximum atomic E-state index is 7.18. The van der Waals surface area contributed by atoms with Crippen LogP contribution in [0.1, 0.15) is 79.1 Å². The highest BCUT2D eigenvalue weighted by Gasteiger charge is 2.50. The molecule has 1 aliphatic rings. The van der Waals surface area contributed by atoms with Gasteiger partial charge in [0.25, 0.3) is 8.32 Å². The maximum absolute atomic E-state index is 7.18. The topological polar surface area (TPSA) is 18.5 Å². The fourth-order valence-electron chi connectivity index (χ4n) is 5.33. The van der Waals surface area contributed by atoms with Crippen molar-refractivity contribution in [2.24, 2.45) is 5.92 Å². The first-order valence-electron chi connectivity index (χ1n) is 13.5. The van der Waals surface area contributed by atoms with Gasteiger partial charge in [-0.25, -0.2) is 0 Å². The molecule has 0 bridgehead atoms. The van der Waals surface area contributed by atoms with Crippen molar-refractivity contribution in [1.29, 1.82) is 0 Å². The lowest BCUT2D eigenvalue weighted by Crippen LogP contribution is -2.67. The van der Waals surface area contributed by atoms with Gasteiger partial charge in [-0.15, -0.1) is 0 Å². The third-order valence-corrected chi connectivity index (χ3v) is 12.3. The molecule has 2 aromatic carbocycles. The first kappa shape index (κ1) is 26.9. The van der Waals surface area contributed by atoms with Gasteiger partial charge in [0.2, 0.25) is 0 Å². The molecule has 0 aliphatic heterocycles. The standard InChI is InChI=1S/C31H46O2Si/c1-5-6-7-8-9-16-25-32-28-23-21-27(22-24-28)26-33-34(31(2,3)4,29-17-12-10-13-18-29)30-19-14-11-15-20-30/h8-15,17-20,27-28H,5-7,16,21-26H2,1-4H3/b9-8+. The van der Waals surface area contributed by atoms with Crippen LogP contribution in [0.25, 0.3) is 0 Å². The normalized spacial score (nSPS) is 19.5. The fraction of sp³-hybridized carbons (Fsp3) is 0.548. The Labute approximate surface area is 209 Å². The second kappa shape index (κ2) is 13.4. The Kier molecular flexibility index (Phi) is 10.6. The number of ether oxygens (including phenoxy) is 1. The number of hydrogen-bond acceptors (Lipinski definition) is 2. The quantitative estimate of drug-likeness (QED) is 0.181. The molecule has 0 unspecified atom stereocenters. The van der Waals surface area contributed by atoms with Crippen LogP contribution in [-0.2, 0) is 9.16 Å². The molecule has 0 heterocycles. The van der Waals surface area contributed by atoms with Crippen LogP contribution in [0.3, 0.4) is 0 Å². The molecule has 0 N–H and O–H groups in total. The fourth-order valence-corrected chi connectivity index (χ4v) is 9.97. The maximum Gasteiger partial charge on any atom is 0.261 e. The summed E-state index contributed by atoms with van der Waals surface area (Å²) in [6.07, 6.45) is 14.6. The first-order chi connectivity index (χ1) is 16.5. The molecule has 0 radical (unpaired) electrons. The van der Waals surface area contributed by atoms with Crippen LogP contribution < -0.4 is 10.4 Å². The predicted octanol–water partition coefficient (Wildman–Crippen LogP) is 7.27. The van der Waals surface area contributed by atoms with E-state index in [2.05, 4.69) is 101 Å². The molecule has 0 amide bonds. The molecular formula is C31H46O2Si. The molecular weight excluding hydrogens is 432 g/mol. The van der Waals surface area contributed by atoms with E-state index in [-0.39, 0.29) is 5.04 Å². The Morgan fingerprint density at radius 2 is 1.38 bits per heavy atom. The molecule has 3 heteroatoms. The Hall–Kier alpha value is -1.68. The van der Waals surface area contributed by atoms with Crippen LogP contribution in [-0.4, -0.2) is 27.6 Å². The lowest BCUT2D eigenvalue weighted by atomic mass is 9.88. The lowest BCUT2D eigenvalue weighted by Gasteiger charge is -2.44. The average molecular weight is 479 g/mol. The minimum Gasteiger partial charge on any atom is -0.407 e. The van der Waals surface area contributed by atoms with Crippen molar-refractivity contribution >= 4 is 18.7 Å². The predicted molar refractivity (Wildman–Crippen MR) is 149 cm³/mol. The molecule has 2 nitrogen and oxygen atoms in total. The third-order valence-electron chi connectivity index (χ3n) is 7.28. The van der Waals surface area contributed by atoms with Crippen molar-refractivity contribution in [3.63, 3.8) is 0 Å². The van der Waals surface area contributed by atoms with Crippen molar-refractivity contribution in [3.8, 4) is 0 Å². The SMILES string of the molecule is CCCC/C=C/CCOC1CCC(CO[Si](c2ccccc2)(c2ccccc2)C(C)(C)C)CC1. The second-order valence-electron chi connectivity index (χ2n) is 10.9. The van der Waals surface area contributed by atoms with E-state index in [1.807, 2.05) is 0 Å². The summed E-state index contributed by atoms with van der Waals surface area (Å²) < 4.78 is 13.4. The highest BCUT2D eigenvalue weighted by Crippen LogP contribution is 2.38. The zero-order valence-electron chi connectivity index (χ0n) is 22.0. The van der Waals surface area contributed by atoms with Gasteiger partial charge in [-0.2, -0.15) is 0 Å². The van der Waals surface area contributed by atoms with Gasteiger partial charge in [0.05, 0.1) is 12.7 Å². The van der Waals surface area contributed by atoms with Crippen molar-refractivity contribution in [1.82, 2.24) is 0 Å². The van der Waals surface area contributed by atoms with Crippen molar-refractivity contribution in [3.05, 3.63) is 72.8 Å². The van der Waals surface area contributed by atoms with Gasteiger partial charge in [0.15, 0.2) is 0 Å². The summed E-state index contributed by atoms with van der Waals surface area (Å²) in [4.78, 5) is 0. The summed E-state index contributed by atoms with van der Waals surface area (Å²) in [7, 11) is -2.43. The summed E-state index contributed by atoms with van der Waals surface area (Å²) in [5.41, 5.74) is 0. The first-order valence-corrected chi connectivity index (χ1v) is 15.4. The van der Waals surface area contributed by atoms with Gasteiger partial charge in [0, 0.05) is 6.61 Å². The Morgan fingerprint density at radius 3 is 1.91 bits per heavy atom. The summed E-state index contributed by atoms with van der Waals surface area (Å²) >= 11 is 0. The lowest BCUT2D eigenvalue weighted by molar-refractivity contribution is 0.0146. The zero-order chi connectivity index (χ0) is 24.3. The molecule has 0 saturated heterocycles. The average Bonchev–Trinajstić information content (AvgIpc) is 2.85. The van der Waals surface area contributed by atoms with E-state index in [0.717, 1.165) is 32.5 Å². The zero-order valence-corrected chi connectivity index (χ0v) is 23.0. The largest absolute Gasteiger partial charge is 0.407 e. The van der Waals surface area contributed by atoms with Gasteiger partial charge < -0.3 is 9.16 Å². The Bertz CT molecular complexity index is 793. The van der Waals surface area contributed by atoms with Gasteiger partial charge in [-0.1, -0.05) is 113 Å². The van der Waals surface area contributed by atoms with Gasteiger partial charge >= 0.3 is 0 Å². The minimum atomic E-state index is -2.43. The molecule has 1 fully saturated rings. The van der Waals surface area contributed by atoms with E-state index >= 15 is 0 Å². The van der Waals surface area contributed by atoms with E-state index in [9.17, 15) is 0 Å². The van der Waals surface area contributed by atoms with E-state index < -0.39 is 8.32 Å². The van der Waals surface area contributed by atoms with Crippen molar-refractivity contribution < 1.29 is 9.16 Å². The van der Waals surface area contributed by atoms with Crippen LogP contribution in [0.5, 0.6) is 0 Å². The molecule has 34 heavy (non-hydrogen) atoms. The number of hydrogen-bond donors (Lipinski definition) is 0. The molecule has 1 saturated carbocycles. The molecule has 186 valence electrons. The molecule has 0 aromatic heterocycles. The monoisotopic (exact) mass is 478 g/mol. The van der Waals surface area contributed by atoms with Crippen LogP contribution >= 0.6 is 0 Å². The number of rotatable bonds is 12. The van der Waals surface area contributed by atoms with Crippen LogP contribution in [0, 0.1) is 5.92 Å². The summed E-state index contributed by atoms with van der Waals surface area (Å²) in [6.45, 7) is 11.0. The summed E-state index contributed by atoms with van der Waals surface area (Å²) in [6, 6.07) is 22.0. The third kappa shape index (κ3) is 7.16.